The van der Waals surface area contributed by atoms with Gasteiger partial charge in [-0.25, -0.2) is 4.79 Å². The molecule has 0 aromatic carbocycles. The third kappa shape index (κ3) is 7.43. The zero-order chi connectivity index (χ0) is 23.9. The first-order valence-corrected chi connectivity index (χ1v) is 9.00. The van der Waals surface area contributed by atoms with Gasteiger partial charge in [-0.15, -0.1) is 0 Å². The van der Waals surface area contributed by atoms with Crippen LogP contribution in [0.2, 0.25) is 0 Å². The lowest BCUT2D eigenvalue weighted by Crippen LogP contribution is -2.68. The second-order valence-corrected chi connectivity index (χ2v) is 6.72. The highest BCUT2D eigenvalue weighted by atomic mass is 16.7. The number of carboxylic acids is 1. The quantitative estimate of drug-likeness (QED) is 0.173. The second kappa shape index (κ2) is 11.0. The standard InChI is InChI=1S/C17H25NO13/c1-7(20)28-6-11(29-8(2)21)14(30-9(3)22)15-13(18-12(24)5-19)10(23)4-17(27,31-15)16(25)26/h10-11,13-15,19,23,27H,4-6H2,1-3H3,(H,18,24)(H,25,26)/t10-,11+,13+,14+,15+,17-/m0/s1. The van der Waals surface area contributed by atoms with E-state index in [1.54, 1.807) is 0 Å². The molecule has 0 spiro atoms. The molecule has 1 amide bonds. The van der Waals surface area contributed by atoms with Crippen molar-refractivity contribution in [3.63, 3.8) is 0 Å². The Morgan fingerprint density at radius 2 is 1.68 bits per heavy atom. The maximum absolute atomic E-state index is 11.7. The van der Waals surface area contributed by atoms with E-state index < -0.39 is 85.7 Å². The Bertz CT molecular complexity index is 710. The van der Waals surface area contributed by atoms with Gasteiger partial charge in [0.2, 0.25) is 5.91 Å². The van der Waals surface area contributed by atoms with E-state index in [4.69, 9.17) is 24.1 Å². The first kappa shape index (κ1) is 26.2. The molecule has 5 N–H and O–H groups in total. The van der Waals surface area contributed by atoms with E-state index in [0.717, 1.165) is 20.8 Å². The summed E-state index contributed by atoms with van der Waals surface area (Å²) in [4.78, 5) is 57.6. The summed E-state index contributed by atoms with van der Waals surface area (Å²) in [5, 5.41) is 41.1. The van der Waals surface area contributed by atoms with Crippen molar-refractivity contribution in [3.8, 4) is 0 Å². The van der Waals surface area contributed by atoms with Gasteiger partial charge in [-0.05, 0) is 0 Å². The highest BCUT2D eigenvalue weighted by Gasteiger charge is 2.56. The van der Waals surface area contributed by atoms with E-state index in [9.17, 15) is 39.3 Å². The molecular formula is C17H25NO13. The van der Waals surface area contributed by atoms with Crippen LogP contribution in [0.4, 0.5) is 0 Å². The fourth-order valence-corrected chi connectivity index (χ4v) is 2.95. The fraction of sp³-hybridized carbons (Fsp3) is 0.706. The Morgan fingerprint density at radius 3 is 2.13 bits per heavy atom. The van der Waals surface area contributed by atoms with Crippen molar-refractivity contribution in [3.05, 3.63) is 0 Å². The molecule has 14 heteroatoms. The smallest absolute Gasteiger partial charge is 0.364 e. The summed E-state index contributed by atoms with van der Waals surface area (Å²) in [6, 6.07) is -1.53. The van der Waals surface area contributed by atoms with Crippen LogP contribution in [0.1, 0.15) is 27.2 Å². The average molecular weight is 451 g/mol. The second-order valence-electron chi connectivity index (χ2n) is 6.72. The topological polar surface area (TPSA) is 215 Å². The number of amides is 1. The van der Waals surface area contributed by atoms with Crippen LogP contribution in [0.3, 0.4) is 0 Å². The molecule has 176 valence electrons. The van der Waals surface area contributed by atoms with Crippen molar-refractivity contribution in [1.29, 1.82) is 0 Å². The summed E-state index contributed by atoms with van der Waals surface area (Å²) < 4.78 is 20.1. The molecule has 1 aliphatic rings. The normalized spacial score (nSPS) is 27.4. The summed E-state index contributed by atoms with van der Waals surface area (Å²) in [6.45, 7) is 1.29. The van der Waals surface area contributed by atoms with Gasteiger partial charge in [0.1, 0.15) is 19.3 Å². The van der Waals surface area contributed by atoms with E-state index in [-0.39, 0.29) is 0 Å². The summed E-state index contributed by atoms with van der Waals surface area (Å²) in [5.74, 6) is -8.55. The maximum Gasteiger partial charge on any atom is 0.364 e. The van der Waals surface area contributed by atoms with Gasteiger partial charge in [0.05, 0.1) is 12.1 Å². The molecule has 1 rings (SSSR count). The van der Waals surface area contributed by atoms with Gasteiger partial charge in [0, 0.05) is 27.2 Å². The van der Waals surface area contributed by atoms with Crippen molar-refractivity contribution < 1.29 is 63.3 Å². The minimum absolute atomic E-state index is 0.672. The number of aliphatic carboxylic acids is 1. The molecule has 31 heavy (non-hydrogen) atoms. The van der Waals surface area contributed by atoms with Crippen LogP contribution in [0, 0.1) is 0 Å². The lowest BCUT2D eigenvalue weighted by molar-refractivity contribution is -0.297. The van der Waals surface area contributed by atoms with Crippen LogP contribution >= 0.6 is 0 Å². The number of hydrogen-bond acceptors (Lipinski definition) is 12. The fourth-order valence-electron chi connectivity index (χ4n) is 2.95. The molecule has 1 fully saturated rings. The van der Waals surface area contributed by atoms with E-state index in [1.807, 2.05) is 0 Å². The number of aliphatic hydroxyl groups is 3. The number of carbonyl (C=O) groups is 5. The molecule has 0 aromatic rings. The molecule has 0 aromatic heterocycles. The van der Waals surface area contributed by atoms with E-state index in [0.29, 0.717) is 0 Å². The molecule has 1 saturated heterocycles. The summed E-state index contributed by atoms with van der Waals surface area (Å²) in [5.41, 5.74) is 0. The zero-order valence-electron chi connectivity index (χ0n) is 17.0. The summed E-state index contributed by atoms with van der Waals surface area (Å²) in [6.07, 6.45) is -7.81. The number of carbonyl (C=O) groups excluding carboxylic acids is 4. The van der Waals surface area contributed by atoms with Crippen molar-refractivity contribution in [1.82, 2.24) is 5.32 Å². The van der Waals surface area contributed by atoms with Gasteiger partial charge < -0.3 is 44.7 Å². The predicted octanol–water partition coefficient (Wildman–Crippen LogP) is -3.19. The Labute approximate surface area is 176 Å². The number of ether oxygens (including phenoxy) is 4. The van der Waals surface area contributed by atoms with E-state index in [2.05, 4.69) is 5.32 Å². The van der Waals surface area contributed by atoms with Crippen molar-refractivity contribution >= 4 is 29.8 Å². The molecule has 14 nitrogen and oxygen atoms in total. The third-order valence-electron chi connectivity index (χ3n) is 4.15. The minimum atomic E-state index is -2.97. The molecule has 0 saturated carbocycles. The van der Waals surface area contributed by atoms with Gasteiger partial charge in [0.15, 0.2) is 12.2 Å². The van der Waals surface area contributed by atoms with Gasteiger partial charge in [-0.2, -0.15) is 0 Å². The third-order valence-corrected chi connectivity index (χ3v) is 4.15. The Kier molecular flexibility index (Phi) is 9.30. The maximum atomic E-state index is 11.7. The van der Waals surface area contributed by atoms with Crippen LogP contribution in [0.25, 0.3) is 0 Å². The monoisotopic (exact) mass is 451 g/mol. The lowest BCUT2D eigenvalue weighted by Gasteiger charge is -2.45. The number of rotatable bonds is 9. The molecule has 0 bridgehead atoms. The van der Waals surface area contributed by atoms with Crippen LogP contribution in [-0.2, 0) is 42.9 Å². The molecule has 0 radical (unpaired) electrons. The van der Waals surface area contributed by atoms with Crippen LogP contribution < -0.4 is 5.32 Å². The zero-order valence-corrected chi connectivity index (χ0v) is 17.0. The number of carboxylic acid groups (broad SMARTS) is 1. The van der Waals surface area contributed by atoms with Gasteiger partial charge in [-0.3, -0.25) is 19.2 Å². The van der Waals surface area contributed by atoms with E-state index >= 15 is 0 Å². The highest BCUT2D eigenvalue weighted by molar-refractivity contribution is 5.78. The highest BCUT2D eigenvalue weighted by Crippen LogP contribution is 2.32. The molecule has 6 atom stereocenters. The Morgan fingerprint density at radius 1 is 1.10 bits per heavy atom. The largest absolute Gasteiger partial charge is 0.477 e. The first-order valence-electron chi connectivity index (χ1n) is 9.00. The molecular weight excluding hydrogens is 426 g/mol. The molecule has 1 heterocycles. The summed E-state index contributed by atoms with van der Waals surface area (Å²) in [7, 11) is 0. The van der Waals surface area contributed by atoms with Crippen molar-refractivity contribution in [2.24, 2.45) is 0 Å². The van der Waals surface area contributed by atoms with Crippen LogP contribution in [-0.4, -0.2) is 99.7 Å². The SMILES string of the molecule is CC(=O)OC[C@@H](OC(C)=O)[C@@H](OC(C)=O)[C@@H]1O[C@](O)(C(=O)O)C[C@H](O)[C@H]1NC(=O)CO. The van der Waals surface area contributed by atoms with E-state index in [1.165, 1.54) is 0 Å². The van der Waals surface area contributed by atoms with Gasteiger partial charge >= 0.3 is 23.9 Å². The number of nitrogens with one attached hydrogen (secondary N) is 1. The van der Waals surface area contributed by atoms with Crippen LogP contribution in [0.15, 0.2) is 0 Å². The number of esters is 3. The van der Waals surface area contributed by atoms with Gasteiger partial charge in [0.25, 0.3) is 5.79 Å². The van der Waals surface area contributed by atoms with Crippen LogP contribution in [0.5, 0.6) is 0 Å². The summed E-state index contributed by atoms with van der Waals surface area (Å²) >= 11 is 0. The number of hydrogen-bond donors (Lipinski definition) is 5. The average Bonchev–Trinajstić information content (AvgIpc) is 2.64. The lowest BCUT2D eigenvalue weighted by atomic mass is 9.88. The predicted molar refractivity (Wildman–Crippen MR) is 94.8 cm³/mol. The Hall–Kier alpha value is -2.81. The number of aliphatic hydroxyl groups excluding tert-OH is 2. The van der Waals surface area contributed by atoms with Crippen molar-refractivity contribution in [2.45, 2.75) is 63.4 Å². The Balaban J connectivity index is 3.46. The first-order chi connectivity index (χ1) is 14.3. The molecule has 1 aliphatic heterocycles. The minimum Gasteiger partial charge on any atom is -0.477 e. The van der Waals surface area contributed by atoms with Crippen molar-refractivity contribution in [2.75, 3.05) is 13.2 Å². The molecule has 0 unspecified atom stereocenters. The van der Waals surface area contributed by atoms with Gasteiger partial charge in [-0.1, -0.05) is 0 Å². The molecule has 0 aliphatic carbocycles.